The minimum Gasteiger partial charge on any atom is -0.300 e. The molecular formula is C22H23NOS. The summed E-state index contributed by atoms with van der Waals surface area (Å²) in [6.07, 6.45) is 3.87. The summed E-state index contributed by atoms with van der Waals surface area (Å²) in [5.41, 5.74) is 1.94. The van der Waals surface area contributed by atoms with Gasteiger partial charge in [-0.3, -0.25) is 4.79 Å². The number of hydrogen-bond donors (Lipinski definition) is 0. The summed E-state index contributed by atoms with van der Waals surface area (Å²) in [7, 11) is 0. The van der Waals surface area contributed by atoms with Gasteiger partial charge < -0.3 is 4.90 Å². The number of thiophene rings is 1. The van der Waals surface area contributed by atoms with Gasteiger partial charge in [0, 0.05) is 11.6 Å². The molecule has 2 aliphatic rings. The van der Waals surface area contributed by atoms with Crippen LogP contribution in [0.2, 0.25) is 0 Å². The van der Waals surface area contributed by atoms with Crippen LogP contribution in [0.1, 0.15) is 40.6 Å². The third kappa shape index (κ3) is 3.14. The molecule has 0 radical (unpaired) electrons. The maximum Gasteiger partial charge on any atom is 0.203 e. The van der Waals surface area contributed by atoms with Crippen molar-refractivity contribution < 1.29 is 4.79 Å². The molecule has 0 N–H and O–H groups in total. The first-order valence-electron chi connectivity index (χ1n) is 9.11. The Hall–Kier alpha value is -1.97. The Bertz CT molecular complexity index is 874. The Morgan fingerprint density at radius 2 is 1.80 bits per heavy atom. The minimum atomic E-state index is 0.142. The molecule has 3 heterocycles. The van der Waals surface area contributed by atoms with Gasteiger partial charge in [-0.15, -0.1) is 11.3 Å². The van der Waals surface area contributed by atoms with E-state index in [0.29, 0.717) is 0 Å². The van der Waals surface area contributed by atoms with E-state index in [2.05, 4.69) is 11.8 Å². The Labute approximate surface area is 153 Å². The lowest BCUT2D eigenvalue weighted by Crippen LogP contribution is -2.57. The molecule has 25 heavy (non-hydrogen) atoms. The maximum atomic E-state index is 12.7. The molecule has 3 heteroatoms. The van der Waals surface area contributed by atoms with Crippen LogP contribution >= 0.6 is 11.3 Å². The summed E-state index contributed by atoms with van der Waals surface area (Å²) in [5.74, 6) is 0.142. The van der Waals surface area contributed by atoms with E-state index in [9.17, 15) is 4.79 Å². The monoisotopic (exact) mass is 349 g/mol. The lowest BCUT2D eigenvalue weighted by molar-refractivity contribution is -0.00222. The van der Waals surface area contributed by atoms with Gasteiger partial charge in [0.05, 0.1) is 4.88 Å². The summed E-state index contributed by atoms with van der Waals surface area (Å²) >= 11 is 1.54. The molecule has 1 aromatic heterocycles. The van der Waals surface area contributed by atoms with Crippen LogP contribution in [-0.4, -0.2) is 29.8 Å². The number of fused-ring (bicyclic) bond motifs is 2. The van der Waals surface area contributed by atoms with Crippen LogP contribution in [0.5, 0.6) is 0 Å². The average Bonchev–Trinajstić information content (AvgIpc) is 3.13. The van der Waals surface area contributed by atoms with Crippen LogP contribution in [0.4, 0.5) is 0 Å². The Balaban J connectivity index is 0.000000217. The number of nitrogens with zero attached hydrogens (tertiary/aromatic N) is 1. The van der Waals surface area contributed by atoms with Crippen molar-refractivity contribution in [3.05, 3.63) is 69.9 Å². The molecule has 2 fully saturated rings. The molecule has 3 aromatic rings. The number of ketones is 1. The van der Waals surface area contributed by atoms with Gasteiger partial charge in [0.2, 0.25) is 5.78 Å². The van der Waals surface area contributed by atoms with Gasteiger partial charge in [-0.2, -0.15) is 0 Å². The smallest absolute Gasteiger partial charge is 0.203 e. The molecule has 5 rings (SSSR count). The van der Waals surface area contributed by atoms with E-state index in [1.54, 1.807) is 0 Å². The number of benzene rings is 2. The summed E-state index contributed by atoms with van der Waals surface area (Å²) in [4.78, 5) is 16.1. The van der Waals surface area contributed by atoms with Gasteiger partial charge in [-0.05, 0) is 60.1 Å². The van der Waals surface area contributed by atoms with Gasteiger partial charge in [0.1, 0.15) is 0 Å². The van der Waals surface area contributed by atoms with Crippen molar-refractivity contribution in [2.24, 2.45) is 0 Å². The highest BCUT2D eigenvalue weighted by Crippen LogP contribution is 2.29. The molecule has 128 valence electrons. The molecule has 2 aliphatic heterocycles. The van der Waals surface area contributed by atoms with Gasteiger partial charge >= 0.3 is 0 Å². The first-order valence-corrected chi connectivity index (χ1v) is 9.98. The third-order valence-corrected chi connectivity index (χ3v) is 6.34. The fraction of sp³-hybridized carbons (Fsp3) is 0.318. The highest BCUT2D eigenvalue weighted by molar-refractivity contribution is 7.12. The number of carbonyl (C=O) groups excluding carboxylic acids is 1. The van der Waals surface area contributed by atoms with Gasteiger partial charge in [-0.1, -0.05) is 49.4 Å². The first kappa shape index (κ1) is 16.5. The highest BCUT2D eigenvalue weighted by atomic mass is 32.1. The van der Waals surface area contributed by atoms with Gasteiger partial charge in [0.25, 0.3) is 0 Å². The van der Waals surface area contributed by atoms with Crippen molar-refractivity contribution in [2.75, 3.05) is 13.1 Å². The number of rotatable bonds is 3. The molecule has 0 atom stereocenters. The summed E-state index contributed by atoms with van der Waals surface area (Å²) in [5, 5.41) is 4.14. The summed E-state index contributed by atoms with van der Waals surface area (Å²) < 4.78 is 0. The van der Waals surface area contributed by atoms with Crippen LogP contribution in [0, 0.1) is 0 Å². The predicted octanol–water partition coefficient (Wildman–Crippen LogP) is 5.16. The van der Waals surface area contributed by atoms with E-state index in [1.807, 2.05) is 53.9 Å². The van der Waals surface area contributed by atoms with Crippen molar-refractivity contribution in [1.29, 1.82) is 0 Å². The molecule has 0 amide bonds. The molecule has 2 nitrogen and oxygen atoms in total. The maximum absolute atomic E-state index is 12.7. The van der Waals surface area contributed by atoms with E-state index in [1.165, 1.54) is 37.3 Å². The largest absolute Gasteiger partial charge is 0.300 e. The van der Waals surface area contributed by atoms with E-state index in [-0.39, 0.29) is 5.78 Å². The number of hydrogen-bond acceptors (Lipinski definition) is 3. The Kier molecular flexibility index (Phi) is 4.69. The van der Waals surface area contributed by atoms with Crippen molar-refractivity contribution in [1.82, 2.24) is 4.90 Å². The van der Waals surface area contributed by atoms with E-state index in [4.69, 9.17) is 0 Å². The van der Waals surface area contributed by atoms with Crippen LogP contribution in [0.25, 0.3) is 10.8 Å². The predicted molar refractivity (Wildman–Crippen MR) is 106 cm³/mol. The van der Waals surface area contributed by atoms with E-state index >= 15 is 0 Å². The molecule has 0 aliphatic carbocycles. The fourth-order valence-electron chi connectivity index (χ4n) is 3.60. The quantitative estimate of drug-likeness (QED) is 0.609. The molecule has 0 spiro atoms. The SMILES string of the molecule is C1CN2CCC12.CCc1ccsc1C(=O)c1cccc2ccccc12. The highest BCUT2D eigenvalue weighted by Gasteiger charge is 2.34. The molecule has 0 unspecified atom stereocenters. The fourth-order valence-corrected chi connectivity index (χ4v) is 4.55. The van der Waals surface area contributed by atoms with Crippen molar-refractivity contribution in [2.45, 2.75) is 32.2 Å². The van der Waals surface area contributed by atoms with Crippen molar-refractivity contribution >= 4 is 27.9 Å². The standard InChI is InChI=1S/C17H14OS.C5H9N/c1-2-12-10-11-19-17(12)16(18)15-9-5-7-13-6-3-4-8-14(13)15;1-3-6-4-2-5(1)6/h3-11H,2H2,1H3;5H,1-4H2. The molecule has 0 saturated carbocycles. The molecular weight excluding hydrogens is 326 g/mol. The minimum absolute atomic E-state index is 0.142. The second-order valence-corrected chi connectivity index (χ2v) is 7.67. The van der Waals surface area contributed by atoms with Crippen LogP contribution in [0.15, 0.2) is 53.9 Å². The van der Waals surface area contributed by atoms with Crippen LogP contribution in [-0.2, 0) is 6.42 Å². The topological polar surface area (TPSA) is 20.3 Å². The molecule has 2 saturated heterocycles. The normalized spacial score (nSPS) is 16.4. The van der Waals surface area contributed by atoms with Crippen molar-refractivity contribution in [3.63, 3.8) is 0 Å². The zero-order valence-corrected chi connectivity index (χ0v) is 15.4. The zero-order valence-electron chi connectivity index (χ0n) is 14.6. The van der Waals surface area contributed by atoms with Gasteiger partial charge in [0.15, 0.2) is 0 Å². The summed E-state index contributed by atoms with van der Waals surface area (Å²) in [6.45, 7) is 4.87. The number of aryl methyl sites for hydroxylation is 1. The van der Waals surface area contributed by atoms with Crippen LogP contribution < -0.4 is 0 Å². The zero-order chi connectivity index (χ0) is 17.2. The molecule has 2 aromatic carbocycles. The van der Waals surface area contributed by atoms with Crippen LogP contribution in [0.3, 0.4) is 0 Å². The Morgan fingerprint density at radius 3 is 2.44 bits per heavy atom. The molecule has 0 bridgehead atoms. The van der Waals surface area contributed by atoms with E-state index < -0.39 is 0 Å². The lowest BCUT2D eigenvalue weighted by Gasteiger charge is -2.50. The Morgan fingerprint density at radius 1 is 1.08 bits per heavy atom. The number of carbonyl (C=O) groups is 1. The third-order valence-electron chi connectivity index (χ3n) is 5.38. The number of piperidine rings is 1. The van der Waals surface area contributed by atoms with Crippen molar-refractivity contribution in [3.8, 4) is 0 Å². The summed E-state index contributed by atoms with van der Waals surface area (Å²) in [6, 6.07) is 17.0. The lowest BCUT2D eigenvalue weighted by atomic mass is 9.91. The van der Waals surface area contributed by atoms with E-state index in [0.717, 1.165) is 39.2 Å². The first-order chi connectivity index (χ1) is 12.3. The second kappa shape index (κ2) is 7.11. The average molecular weight is 349 g/mol. The van der Waals surface area contributed by atoms with Gasteiger partial charge in [-0.25, -0.2) is 0 Å². The second-order valence-electron chi connectivity index (χ2n) is 6.75.